The average molecular weight is 373 g/mol. The number of ether oxygens (including phenoxy) is 1. The van der Waals surface area contributed by atoms with E-state index in [2.05, 4.69) is 45.0 Å². The quantitative estimate of drug-likeness (QED) is 0.538. The molecule has 0 spiro atoms. The van der Waals surface area contributed by atoms with Crippen LogP contribution in [0.3, 0.4) is 0 Å². The minimum atomic E-state index is -0.110. The van der Waals surface area contributed by atoms with Crippen LogP contribution in [-0.4, -0.2) is 18.3 Å². The average Bonchev–Trinajstić information content (AvgIpc) is 2.64. The van der Waals surface area contributed by atoms with Gasteiger partial charge in [-0.2, -0.15) is 0 Å². The van der Waals surface area contributed by atoms with Crippen LogP contribution in [0.25, 0.3) is 0 Å². The Labute approximate surface area is 166 Å². The number of unbranched alkanes of at least 4 members (excludes halogenated alkanes) is 3. The van der Waals surface area contributed by atoms with Gasteiger partial charge in [-0.05, 0) is 78.9 Å². The number of benzene rings is 1. The van der Waals surface area contributed by atoms with E-state index in [0.717, 1.165) is 18.1 Å². The lowest BCUT2D eigenvalue weighted by Gasteiger charge is -2.52. The van der Waals surface area contributed by atoms with Crippen molar-refractivity contribution >= 4 is 0 Å². The summed E-state index contributed by atoms with van der Waals surface area (Å²) in [5.74, 6) is 3.57. The maximum atomic E-state index is 11.0. The van der Waals surface area contributed by atoms with E-state index in [4.69, 9.17) is 4.74 Å². The van der Waals surface area contributed by atoms with E-state index in [-0.39, 0.29) is 11.5 Å². The van der Waals surface area contributed by atoms with Crippen LogP contribution in [0, 0.1) is 23.7 Å². The van der Waals surface area contributed by atoms with Crippen molar-refractivity contribution < 1.29 is 9.84 Å². The highest BCUT2D eigenvalue weighted by Crippen LogP contribution is 2.54. The number of aliphatic hydroxyl groups is 1. The molecule has 1 N–H and O–H groups in total. The second kappa shape index (κ2) is 8.99. The normalized spacial score (nSPS) is 34.3. The zero-order valence-corrected chi connectivity index (χ0v) is 17.9. The highest BCUT2D eigenvalue weighted by atomic mass is 16.5. The van der Waals surface area contributed by atoms with Gasteiger partial charge >= 0.3 is 0 Å². The third kappa shape index (κ3) is 4.70. The van der Waals surface area contributed by atoms with Gasteiger partial charge in [0.1, 0.15) is 5.75 Å². The van der Waals surface area contributed by atoms with E-state index in [1.54, 1.807) is 7.11 Å². The summed E-state index contributed by atoms with van der Waals surface area (Å²) in [7, 11) is 1.73. The van der Waals surface area contributed by atoms with E-state index in [1.165, 1.54) is 56.9 Å². The third-order valence-electron chi connectivity index (χ3n) is 7.58. The number of aliphatic hydroxyl groups excluding tert-OH is 1. The molecule has 2 saturated carbocycles. The van der Waals surface area contributed by atoms with Crippen molar-refractivity contribution in [1.29, 1.82) is 0 Å². The number of fused-ring (bicyclic) bond motifs is 2. The Morgan fingerprint density at radius 1 is 1.11 bits per heavy atom. The third-order valence-corrected chi connectivity index (χ3v) is 7.58. The second-order valence-electron chi connectivity index (χ2n) is 9.77. The molecule has 0 aromatic heterocycles. The van der Waals surface area contributed by atoms with Crippen molar-refractivity contribution in [3.63, 3.8) is 0 Å². The van der Waals surface area contributed by atoms with Crippen molar-refractivity contribution in [1.82, 2.24) is 0 Å². The standard InChI is InChI=1S/C25H40O2/c1-5-6-7-8-9-23(26)24-18(2)14-19-15-20(24)17-25(3,16-19)21-10-12-22(27-4)13-11-21/h10-13,18-20,23-24,26H,5-9,14-17H2,1-4H3. The monoisotopic (exact) mass is 372 g/mol. The summed E-state index contributed by atoms with van der Waals surface area (Å²) in [6.45, 7) is 7.10. The lowest BCUT2D eigenvalue weighted by molar-refractivity contribution is -0.0432. The summed E-state index contributed by atoms with van der Waals surface area (Å²) in [5.41, 5.74) is 1.68. The predicted molar refractivity (Wildman–Crippen MR) is 113 cm³/mol. The van der Waals surface area contributed by atoms with E-state index < -0.39 is 0 Å². The van der Waals surface area contributed by atoms with Crippen molar-refractivity contribution in [2.45, 2.75) is 90.1 Å². The Morgan fingerprint density at radius 3 is 2.52 bits per heavy atom. The van der Waals surface area contributed by atoms with Crippen molar-refractivity contribution in [2.75, 3.05) is 7.11 Å². The zero-order chi connectivity index (χ0) is 19.4. The number of hydrogen-bond acceptors (Lipinski definition) is 2. The maximum Gasteiger partial charge on any atom is 0.118 e. The first-order valence-electron chi connectivity index (χ1n) is 11.3. The van der Waals surface area contributed by atoms with Gasteiger partial charge in [0.15, 0.2) is 0 Å². The molecule has 2 aliphatic carbocycles. The smallest absolute Gasteiger partial charge is 0.118 e. The van der Waals surface area contributed by atoms with E-state index in [1.807, 2.05) is 0 Å². The summed E-state index contributed by atoms with van der Waals surface area (Å²) < 4.78 is 5.35. The molecule has 3 rings (SSSR count). The molecule has 27 heavy (non-hydrogen) atoms. The zero-order valence-electron chi connectivity index (χ0n) is 17.9. The van der Waals surface area contributed by atoms with E-state index in [0.29, 0.717) is 17.8 Å². The molecule has 1 aromatic rings. The topological polar surface area (TPSA) is 29.5 Å². The molecule has 0 amide bonds. The summed E-state index contributed by atoms with van der Waals surface area (Å²) in [6.07, 6.45) is 11.0. The molecule has 2 heteroatoms. The maximum absolute atomic E-state index is 11.0. The molecule has 2 fully saturated rings. The van der Waals surface area contributed by atoms with Gasteiger partial charge in [-0.3, -0.25) is 0 Å². The Morgan fingerprint density at radius 2 is 1.85 bits per heavy atom. The van der Waals surface area contributed by atoms with E-state index >= 15 is 0 Å². The first kappa shape index (κ1) is 20.7. The van der Waals surface area contributed by atoms with Crippen LogP contribution in [-0.2, 0) is 5.41 Å². The fourth-order valence-corrected chi connectivity index (χ4v) is 6.41. The highest BCUT2D eigenvalue weighted by Gasteiger charge is 2.47. The largest absolute Gasteiger partial charge is 0.497 e. The van der Waals surface area contributed by atoms with Crippen LogP contribution in [0.2, 0.25) is 0 Å². The van der Waals surface area contributed by atoms with Crippen LogP contribution in [0.15, 0.2) is 24.3 Å². The lowest BCUT2D eigenvalue weighted by atomic mass is 9.53. The molecule has 6 unspecified atom stereocenters. The van der Waals surface area contributed by atoms with Crippen LogP contribution >= 0.6 is 0 Å². The van der Waals surface area contributed by atoms with Crippen LogP contribution < -0.4 is 4.74 Å². The van der Waals surface area contributed by atoms with Gasteiger partial charge in [-0.25, -0.2) is 0 Å². The molecule has 152 valence electrons. The van der Waals surface area contributed by atoms with Gasteiger partial charge in [0.25, 0.3) is 0 Å². The molecule has 0 heterocycles. The molecule has 0 saturated heterocycles. The summed E-state index contributed by atoms with van der Waals surface area (Å²) >= 11 is 0. The fourth-order valence-electron chi connectivity index (χ4n) is 6.41. The van der Waals surface area contributed by atoms with E-state index in [9.17, 15) is 5.11 Å². The van der Waals surface area contributed by atoms with Gasteiger partial charge < -0.3 is 9.84 Å². The molecule has 2 nitrogen and oxygen atoms in total. The molecule has 2 aliphatic rings. The first-order valence-corrected chi connectivity index (χ1v) is 11.3. The predicted octanol–water partition coefficient (Wildman–Crippen LogP) is 6.36. The number of rotatable bonds is 8. The van der Waals surface area contributed by atoms with Gasteiger partial charge in [0.2, 0.25) is 0 Å². The fraction of sp³-hybridized carbons (Fsp3) is 0.760. The SMILES string of the molecule is CCCCCCC(O)C1C(C)CC2CC1CC(C)(c1ccc(OC)cc1)C2. The van der Waals surface area contributed by atoms with Gasteiger partial charge in [-0.1, -0.05) is 58.6 Å². The molecular formula is C25H40O2. The van der Waals surface area contributed by atoms with Gasteiger partial charge in [0, 0.05) is 0 Å². The summed E-state index contributed by atoms with van der Waals surface area (Å²) in [6, 6.07) is 8.74. The van der Waals surface area contributed by atoms with Crippen LogP contribution in [0.5, 0.6) is 5.75 Å². The summed E-state index contributed by atoms with van der Waals surface area (Å²) in [5, 5.41) is 11.0. The van der Waals surface area contributed by atoms with Crippen LogP contribution in [0.1, 0.15) is 84.1 Å². The Kier molecular flexibility index (Phi) is 6.89. The Hall–Kier alpha value is -1.02. The Balaban J connectivity index is 1.71. The van der Waals surface area contributed by atoms with Crippen molar-refractivity contribution in [3.05, 3.63) is 29.8 Å². The minimum absolute atomic E-state index is 0.110. The summed E-state index contributed by atoms with van der Waals surface area (Å²) in [4.78, 5) is 0. The van der Waals surface area contributed by atoms with Crippen LogP contribution in [0.4, 0.5) is 0 Å². The molecule has 2 bridgehead atoms. The molecule has 1 aromatic carbocycles. The highest BCUT2D eigenvalue weighted by molar-refractivity contribution is 5.33. The van der Waals surface area contributed by atoms with Crippen molar-refractivity contribution in [3.8, 4) is 5.75 Å². The number of hydrogen-bond donors (Lipinski definition) is 1. The molecule has 0 radical (unpaired) electrons. The number of methoxy groups -OCH3 is 1. The minimum Gasteiger partial charge on any atom is -0.497 e. The van der Waals surface area contributed by atoms with Crippen molar-refractivity contribution in [2.24, 2.45) is 23.7 Å². The first-order chi connectivity index (χ1) is 13.0. The second-order valence-corrected chi connectivity index (χ2v) is 9.77. The molecule has 6 atom stereocenters. The van der Waals surface area contributed by atoms with Gasteiger partial charge in [0.05, 0.1) is 13.2 Å². The van der Waals surface area contributed by atoms with Gasteiger partial charge in [-0.15, -0.1) is 0 Å². The lowest BCUT2D eigenvalue weighted by Crippen LogP contribution is -2.47. The Bertz CT molecular complexity index is 578. The molecular weight excluding hydrogens is 332 g/mol. The molecule has 0 aliphatic heterocycles.